The van der Waals surface area contributed by atoms with E-state index in [0.29, 0.717) is 49.6 Å². The van der Waals surface area contributed by atoms with Crippen LogP contribution >= 0.6 is 0 Å². The molecule has 1 amide bonds. The summed E-state index contributed by atoms with van der Waals surface area (Å²) in [7, 11) is -2.66. The number of benzene rings is 2. The molecule has 0 aromatic heterocycles. The second-order valence-electron chi connectivity index (χ2n) is 16.6. The molecule has 328 valence electrons. The number of amides is 1. The molecule has 2 aliphatic carbocycles. The van der Waals surface area contributed by atoms with Gasteiger partial charge in [0.15, 0.2) is 0 Å². The van der Waals surface area contributed by atoms with E-state index in [4.69, 9.17) is 28.9 Å². The van der Waals surface area contributed by atoms with E-state index in [0.717, 1.165) is 75.0 Å². The maximum absolute atomic E-state index is 14.8. The van der Waals surface area contributed by atoms with Crippen molar-refractivity contribution in [2.45, 2.75) is 100 Å². The molecule has 2 saturated heterocycles. The third-order valence-corrected chi connectivity index (χ3v) is 14.5. The molecule has 3 fully saturated rings. The number of hydrogen-bond donors (Lipinski definition) is 3. The minimum Gasteiger partial charge on any atom is -0.492 e. The highest BCUT2D eigenvalue weighted by molar-refractivity contribution is 7.89. The number of nitrogens with one attached hydrogen (secondary N) is 1. The fourth-order valence-corrected chi connectivity index (χ4v) is 10.9. The monoisotopic (exact) mass is 850 g/mol. The van der Waals surface area contributed by atoms with E-state index in [9.17, 15) is 23.4 Å². The number of nitrogens with zero attached hydrogens (tertiary/aromatic N) is 3. The van der Waals surface area contributed by atoms with Gasteiger partial charge in [-0.1, -0.05) is 30.1 Å². The van der Waals surface area contributed by atoms with Crippen LogP contribution in [0.4, 0.5) is 5.69 Å². The van der Waals surface area contributed by atoms with Crippen molar-refractivity contribution in [2.24, 2.45) is 22.9 Å². The van der Waals surface area contributed by atoms with E-state index < -0.39 is 34.1 Å². The molecule has 3 heterocycles. The summed E-state index contributed by atoms with van der Waals surface area (Å²) in [6.07, 6.45) is 10.6. The zero-order valence-corrected chi connectivity index (χ0v) is 35.8. The Morgan fingerprint density at radius 1 is 1.08 bits per heavy atom. The molecule has 2 aromatic carbocycles. The molecule has 7 atom stereocenters. The number of carbonyl (C=O) groups is 1. The number of allylic oxidation sites excluding steroid dienone is 1. The van der Waals surface area contributed by atoms with Crippen LogP contribution in [0.5, 0.6) is 11.5 Å². The number of aliphatic hydroxyl groups excluding tert-OH is 2. The summed E-state index contributed by atoms with van der Waals surface area (Å²) in [4.78, 5) is 20.3. The molecule has 14 nitrogen and oxygen atoms in total. The fraction of sp³-hybridized carbons (Fsp3) is 0.600. The minimum atomic E-state index is -4.21. The van der Waals surface area contributed by atoms with Crippen LogP contribution in [0.1, 0.15) is 82.6 Å². The topological polar surface area (TPSA) is 168 Å². The Balaban J connectivity index is 1.40. The average Bonchev–Trinajstić information content (AvgIpc) is 4.08. The molecule has 0 spiro atoms. The van der Waals surface area contributed by atoms with Gasteiger partial charge in [0.1, 0.15) is 18.1 Å². The number of carbonyl (C=O) groups excluding carboxylic acids is 1. The van der Waals surface area contributed by atoms with Crippen LogP contribution in [0.25, 0.3) is 0 Å². The van der Waals surface area contributed by atoms with Gasteiger partial charge in [-0.25, -0.2) is 8.42 Å². The van der Waals surface area contributed by atoms with Gasteiger partial charge in [0.05, 0.1) is 35.8 Å². The standard InChI is InChI=1S/C45H62N4O10S/c1-4-25-57-45-41(48(3)60(53,54)35-17-14-33(15-18-35)46-31(2)52)30-39(47-59-42-13-7-10-26-56-42)37-28-32(11-5-8-23-50)36(12-6-9-24-51)43(44(37)45)38-29-34(16-19-40(38)58-45)55-27-22-49-20-21-49/h4,14-19,28-29,32,36,41-44,50-51H,1,5-13,20-27,30H2,2-3H3,(H,46,52). The van der Waals surface area contributed by atoms with Gasteiger partial charge >= 0.3 is 0 Å². The number of unbranched alkanes of at least 4 members (excludes halogenated alkanes) is 2. The SMILES string of the molecule is C=CCOC12Oc3ccc(OCCN4CC4)cc3C3C(CCCCO)C(CCCCO)C=C(C(=NOC4CCCCO4)CC1N(C)S(=O)(=O)c1ccc(NC(C)=O)cc1)C32. The number of oxime groups is 1. The molecule has 3 N–H and O–H groups in total. The average molecular weight is 851 g/mol. The predicted octanol–water partition coefficient (Wildman–Crippen LogP) is 5.82. The van der Waals surface area contributed by atoms with Crippen molar-refractivity contribution >= 4 is 27.3 Å². The molecule has 5 aliphatic rings. The summed E-state index contributed by atoms with van der Waals surface area (Å²) < 4.78 is 57.5. The van der Waals surface area contributed by atoms with Gasteiger partial charge < -0.3 is 39.3 Å². The van der Waals surface area contributed by atoms with Gasteiger partial charge in [0.25, 0.3) is 0 Å². The van der Waals surface area contributed by atoms with Gasteiger partial charge in [-0.15, -0.1) is 6.58 Å². The van der Waals surface area contributed by atoms with Gasteiger partial charge in [0.2, 0.25) is 28.0 Å². The molecule has 0 radical (unpaired) electrons. The number of aliphatic hydroxyl groups is 2. The summed E-state index contributed by atoms with van der Waals surface area (Å²) in [5.74, 6) is -1.23. The summed E-state index contributed by atoms with van der Waals surface area (Å²) >= 11 is 0. The molecule has 3 aliphatic heterocycles. The lowest BCUT2D eigenvalue weighted by molar-refractivity contribution is -0.250. The van der Waals surface area contributed by atoms with E-state index in [1.807, 2.05) is 12.1 Å². The fourth-order valence-electron chi connectivity index (χ4n) is 9.54. The molecule has 2 aromatic rings. The Bertz CT molecular complexity index is 1970. The maximum atomic E-state index is 14.8. The maximum Gasteiger partial charge on any atom is 0.243 e. The summed E-state index contributed by atoms with van der Waals surface area (Å²) in [6, 6.07) is 11.1. The molecule has 7 rings (SSSR count). The second-order valence-corrected chi connectivity index (χ2v) is 18.6. The van der Waals surface area contributed by atoms with Gasteiger partial charge in [-0.3, -0.25) is 9.69 Å². The smallest absolute Gasteiger partial charge is 0.243 e. The third kappa shape index (κ3) is 9.77. The van der Waals surface area contributed by atoms with Crippen LogP contribution in [-0.4, -0.2) is 117 Å². The van der Waals surface area contributed by atoms with Crippen LogP contribution in [0.3, 0.4) is 0 Å². The van der Waals surface area contributed by atoms with Crippen LogP contribution in [0.2, 0.25) is 0 Å². The van der Waals surface area contributed by atoms with Crippen LogP contribution in [-0.2, 0) is 29.1 Å². The minimum absolute atomic E-state index is 0.0250. The zero-order chi connectivity index (χ0) is 42.3. The highest BCUT2D eigenvalue weighted by Crippen LogP contribution is 2.62. The highest BCUT2D eigenvalue weighted by atomic mass is 32.2. The first-order valence-corrected chi connectivity index (χ1v) is 23.1. The molecular formula is C45H62N4O10S. The normalized spacial score (nSPS) is 27.9. The number of anilines is 1. The van der Waals surface area contributed by atoms with Gasteiger partial charge in [0, 0.05) is 76.8 Å². The number of likely N-dealkylation sites (N-methyl/N-ethyl adjacent to an activating group) is 1. The van der Waals surface area contributed by atoms with Gasteiger partial charge in [-0.05, 0) is 98.4 Å². The van der Waals surface area contributed by atoms with Crippen LogP contribution in [0, 0.1) is 17.8 Å². The van der Waals surface area contributed by atoms with E-state index in [-0.39, 0.29) is 54.8 Å². The molecule has 15 heteroatoms. The van der Waals surface area contributed by atoms with Gasteiger partial charge in [-0.2, -0.15) is 4.31 Å². The lowest BCUT2D eigenvalue weighted by Gasteiger charge is -2.59. The first-order valence-electron chi connectivity index (χ1n) is 21.7. The molecule has 60 heavy (non-hydrogen) atoms. The largest absolute Gasteiger partial charge is 0.492 e. The number of fused-ring (bicyclic) bond motifs is 2. The van der Waals surface area contributed by atoms with Crippen molar-refractivity contribution in [3.8, 4) is 11.5 Å². The summed E-state index contributed by atoms with van der Waals surface area (Å²) in [5.41, 5.74) is 2.91. The lowest BCUT2D eigenvalue weighted by Crippen LogP contribution is -2.69. The zero-order valence-electron chi connectivity index (χ0n) is 35.0. The van der Waals surface area contributed by atoms with Crippen molar-refractivity contribution in [2.75, 3.05) is 65.0 Å². The highest BCUT2D eigenvalue weighted by Gasteiger charge is 2.65. The lowest BCUT2D eigenvalue weighted by atomic mass is 9.55. The van der Waals surface area contributed by atoms with E-state index >= 15 is 0 Å². The van der Waals surface area contributed by atoms with Crippen molar-refractivity contribution in [1.29, 1.82) is 0 Å². The third-order valence-electron chi connectivity index (χ3n) is 12.6. The van der Waals surface area contributed by atoms with Crippen molar-refractivity contribution in [3.63, 3.8) is 0 Å². The molecular weight excluding hydrogens is 789 g/mol. The quantitative estimate of drug-likeness (QED) is 0.0600. The number of hydrogen-bond acceptors (Lipinski definition) is 12. The van der Waals surface area contributed by atoms with Crippen molar-refractivity contribution in [1.82, 2.24) is 9.21 Å². The molecule has 7 unspecified atom stereocenters. The Hall–Kier alpha value is -3.83. The second kappa shape index (κ2) is 19.9. The Morgan fingerprint density at radius 3 is 2.53 bits per heavy atom. The van der Waals surface area contributed by atoms with E-state index in [1.165, 1.54) is 23.4 Å². The molecule has 1 saturated carbocycles. The molecule has 0 bridgehead atoms. The van der Waals surface area contributed by atoms with Crippen LogP contribution < -0.4 is 14.8 Å². The number of ether oxygens (including phenoxy) is 4. The first-order chi connectivity index (χ1) is 29.1. The van der Waals surface area contributed by atoms with E-state index in [2.05, 4.69) is 28.9 Å². The van der Waals surface area contributed by atoms with Crippen LogP contribution in [0.15, 0.2) is 76.8 Å². The predicted molar refractivity (Wildman–Crippen MR) is 227 cm³/mol. The summed E-state index contributed by atoms with van der Waals surface area (Å²) in [5, 5.41) is 27.4. The van der Waals surface area contributed by atoms with Crippen molar-refractivity contribution < 1.29 is 47.2 Å². The first kappa shape index (κ1) is 44.2. The Labute approximate surface area is 354 Å². The Kier molecular flexibility index (Phi) is 14.7. The number of sulfonamides is 1. The van der Waals surface area contributed by atoms with E-state index in [1.54, 1.807) is 25.3 Å². The Morgan fingerprint density at radius 2 is 1.85 bits per heavy atom. The number of rotatable bonds is 21. The summed E-state index contributed by atoms with van der Waals surface area (Å²) in [6.45, 7) is 9.74. The van der Waals surface area contributed by atoms with Crippen molar-refractivity contribution in [3.05, 3.63) is 72.3 Å².